The first-order valence-electron chi connectivity index (χ1n) is 10.6. The van der Waals surface area contributed by atoms with E-state index in [1.54, 1.807) is 0 Å². The van der Waals surface area contributed by atoms with Crippen molar-refractivity contribution in [1.29, 1.82) is 0 Å². The number of benzene rings is 3. The molecule has 0 saturated heterocycles. The van der Waals surface area contributed by atoms with E-state index >= 15 is 0 Å². The quantitative estimate of drug-likeness (QED) is 0.389. The second kappa shape index (κ2) is 8.57. The lowest BCUT2D eigenvalue weighted by Crippen LogP contribution is -2.09. The Labute approximate surface area is 165 Å². The van der Waals surface area contributed by atoms with Crippen molar-refractivity contribution in [3.8, 4) is 22.3 Å². The number of hydrogen-bond donors (Lipinski definition) is 0. The largest absolute Gasteiger partial charge is 0.0683 e. The molecule has 0 bridgehead atoms. The van der Waals surface area contributed by atoms with Gasteiger partial charge in [-0.05, 0) is 77.1 Å². The molecule has 0 heteroatoms. The minimum absolute atomic E-state index is 1.17. The number of rotatable bonds is 0. The van der Waals surface area contributed by atoms with E-state index in [-0.39, 0.29) is 0 Å². The molecule has 0 fully saturated rings. The van der Waals surface area contributed by atoms with Gasteiger partial charge in [-0.1, -0.05) is 87.9 Å². The molecule has 0 heterocycles. The first kappa shape index (κ1) is 19.4. The summed E-state index contributed by atoms with van der Waals surface area (Å²) in [5, 5.41) is 0. The van der Waals surface area contributed by atoms with Crippen molar-refractivity contribution in [2.24, 2.45) is 0 Å². The van der Waals surface area contributed by atoms with Gasteiger partial charge in [0.15, 0.2) is 0 Å². The van der Waals surface area contributed by atoms with Crippen LogP contribution in [0.25, 0.3) is 22.3 Å². The van der Waals surface area contributed by atoms with Gasteiger partial charge < -0.3 is 0 Å². The minimum Gasteiger partial charge on any atom is -0.0683 e. The van der Waals surface area contributed by atoms with Crippen LogP contribution in [-0.2, 0) is 25.7 Å². The number of fused-ring (bicyclic) bond motifs is 6. The summed E-state index contributed by atoms with van der Waals surface area (Å²) in [5.74, 6) is 0. The van der Waals surface area contributed by atoms with Gasteiger partial charge in [0.05, 0.1) is 0 Å². The van der Waals surface area contributed by atoms with Gasteiger partial charge in [0.1, 0.15) is 0 Å². The van der Waals surface area contributed by atoms with Crippen molar-refractivity contribution >= 4 is 0 Å². The zero-order valence-electron chi connectivity index (χ0n) is 17.5. The molecule has 0 spiro atoms. The van der Waals surface area contributed by atoms with Crippen LogP contribution in [0.1, 0.15) is 55.5 Å². The molecule has 0 atom stereocenters. The van der Waals surface area contributed by atoms with Gasteiger partial charge in [-0.15, -0.1) is 0 Å². The zero-order chi connectivity index (χ0) is 19.4. The summed E-state index contributed by atoms with van der Waals surface area (Å²) >= 11 is 0. The third-order valence-corrected chi connectivity index (χ3v) is 5.52. The Morgan fingerprint density at radius 1 is 0.481 bits per heavy atom. The van der Waals surface area contributed by atoms with E-state index in [4.69, 9.17) is 0 Å². The molecule has 2 aliphatic carbocycles. The molecule has 2 aliphatic rings. The summed E-state index contributed by atoms with van der Waals surface area (Å²) in [4.78, 5) is 0. The van der Waals surface area contributed by atoms with Crippen molar-refractivity contribution in [2.45, 2.75) is 60.3 Å². The third-order valence-electron chi connectivity index (χ3n) is 5.52. The first-order valence-corrected chi connectivity index (χ1v) is 10.6. The summed E-state index contributed by atoms with van der Waals surface area (Å²) < 4.78 is 0. The second-order valence-electron chi connectivity index (χ2n) is 6.98. The Morgan fingerprint density at radius 3 is 1.63 bits per heavy atom. The molecule has 0 aliphatic heterocycles. The number of hydrogen-bond acceptors (Lipinski definition) is 0. The summed E-state index contributed by atoms with van der Waals surface area (Å²) in [6, 6.07) is 20.8. The fraction of sp³-hybridized carbons (Fsp3) is 0.333. The molecule has 5 rings (SSSR count). The van der Waals surface area contributed by atoms with Crippen LogP contribution in [0.3, 0.4) is 0 Å². The van der Waals surface area contributed by atoms with Gasteiger partial charge in [0.25, 0.3) is 0 Å². The molecule has 0 amide bonds. The Bertz CT molecular complexity index is 931. The van der Waals surface area contributed by atoms with E-state index in [1.165, 1.54) is 75.8 Å². The molecule has 0 saturated carbocycles. The Hall–Kier alpha value is -2.34. The summed E-state index contributed by atoms with van der Waals surface area (Å²) in [6.45, 7) is 10.2. The molecule has 0 aromatic heterocycles. The van der Waals surface area contributed by atoms with Crippen LogP contribution in [0, 0.1) is 6.92 Å². The fourth-order valence-corrected chi connectivity index (χ4v) is 4.30. The van der Waals surface area contributed by atoms with E-state index in [0.29, 0.717) is 0 Å². The molecular weight excluding hydrogens is 324 g/mol. The SMILES string of the molecule is CC.CC.Cc1ccc2c(c1)-c1cc3c(cc1CC2)-c1ccccc1CC3. The highest BCUT2D eigenvalue weighted by molar-refractivity contribution is 5.81. The normalized spacial score (nSPS) is 12.8. The van der Waals surface area contributed by atoms with Crippen LogP contribution in [0.4, 0.5) is 0 Å². The van der Waals surface area contributed by atoms with Crippen molar-refractivity contribution in [3.63, 3.8) is 0 Å². The zero-order valence-corrected chi connectivity index (χ0v) is 17.5. The fourth-order valence-electron chi connectivity index (χ4n) is 4.30. The highest BCUT2D eigenvalue weighted by Gasteiger charge is 2.22. The van der Waals surface area contributed by atoms with Crippen molar-refractivity contribution in [3.05, 3.63) is 82.4 Å². The lowest BCUT2D eigenvalue weighted by Gasteiger charge is -2.26. The average molecular weight is 357 g/mol. The number of aryl methyl sites for hydroxylation is 5. The highest BCUT2D eigenvalue weighted by Crippen LogP contribution is 2.41. The van der Waals surface area contributed by atoms with Gasteiger partial charge >= 0.3 is 0 Å². The van der Waals surface area contributed by atoms with E-state index in [9.17, 15) is 0 Å². The van der Waals surface area contributed by atoms with Crippen LogP contribution in [0.2, 0.25) is 0 Å². The molecule has 27 heavy (non-hydrogen) atoms. The van der Waals surface area contributed by atoms with Gasteiger partial charge in [0.2, 0.25) is 0 Å². The maximum absolute atomic E-state index is 2.48. The summed E-state index contributed by atoms with van der Waals surface area (Å²) in [6.07, 6.45) is 4.67. The maximum atomic E-state index is 2.48. The smallest absolute Gasteiger partial charge is 0.0146 e. The van der Waals surface area contributed by atoms with Gasteiger partial charge in [-0.25, -0.2) is 0 Å². The van der Waals surface area contributed by atoms with E-state index < -0.39 is 0 Å². The van der Waals surface area contributed by atoms with Crippen molar-refractivity contribution in [1.82, 2.24) is 0 Å². The van der Waals surface area contributed by atoms with E-state index in [1.807, 2.05) is 27.7 Å². The average Bonchev–Trinajstić information content (AvgIpc) is 2.75. The molecule has 0 unspecified atom stereocenters. The molecule has 3 aromatic carbocycles. The Morgan fingerprint density at radius 2 is 0.963 bits per heavy atom. The van der Waals surface area contributed by atoms with Gasteiger partial charge in [-0.3, -0.25) is 0 Å². The summed E-state index contributed by atoms with van der Waals surface area (Å²) in [7, 11) is 0. The predicted molar refractivity (Wildman–Crippen MR) is 120 cm³/mol. The molecular formula is C27H32. The summed E-state index contributed by atoms with van der Waals surface area (Å²) in [5.41, 5.74) is 13.3. The highest BCUT2D eigenvalue weighted by atomic mass is 14.3. The lowest BCUT2D eigenvalue weighted by atomic mass is 9.78. The molecule has 0 nitrogen and oxygen atoms in total. The van der Waals surface area contributed by atoms with Crippen LogP contribution in [-0.4, -0.2) is 0 Å². The minimum atomic E-state index is 1.17. The van der Waals surface area contributed by atoms with Crippen LogP contribution >= 0.6 is 0 Å². The van der Waals surface area contributed by atoms with Crippen LogP contribution in [0.5, 0.6) is 0 Å². The van der Waals surface area contributed by atoms with E-state index in [0.717, 1.165) is 0 Å². The van der Waals surface area contributed by atoms with Gasteiger partial charge in [-0.2, -0.15) is 0 Å². The maximum Gasteiger partial charge on any atom is -0.0146 e. The van der Waals surface area contributed by atoms with E-state index in [2.05, 4.69) is 61.5 Å². The first-order chi connectivity index (χ1) is 13.3. The monoisotopic (exact) mass is 356 g/mol. The Kier molecular flexibility index (Phi) is 6.16. The van der Waals surface area contributed by atoms with Crippen molar-refractivity contribution in [2.75, 3.05) is 0 Å². The Balaban J connectivity index is 0.000000495. The third kappa shape index (κ3) is 3.58. The lowest BCUT2D eigenvalue weighted by molar-refractivity contribution is 0.916. The van der Waals surface area contributed by atoms with Gasteiger partial charge in [0, 0.05) is 0 Å². The molecule has 0 N–H and O–H groups in total. The van der Waals surface area contributed by atoms with Crippen LogP contribution in [0.15, 0.2) is 54.6 Å². The molecule has 140 valence electrons. The van der Waals surface area contributed by atoms with Crippen molar-refractivity contribution < 1.29 is 0 Å². The topological polar surface area (TPSA) is 0 Å². The molecule has 3 aromatic rings. The molecule has 0 radical (unpaired) electrons. The predicted octanol–water partition coefficient (Wildman–Crippen LogP) is 7.58. The standard InChI is InChI=1S/C23H20.2C2H6/c1-15-6-7-17-9-11-19-13-22-18(14-23(19)21(17)12-15)10-8-16-4-2-3-5-20(16)22;2*1-2/h2-7,12-14H,8-11H2,1H3;2*1-2H3. The second-order valence-corrected chi connectivity index (χ2v) is 6.98. The van der Waals surface area contributed by atoms with Crippen LogP contribution < -0.4 is 0 Å².